The van der Waals surface area contributed by atoms with Crippen LogP contribution in [0, 0.1) is 10.1 Å². The minimum absolute atomic E-state index is 0.126. The van der Waals surface area contributed by atoms with Gasteiger partial charge in [-0.05, 0) is 12.1 Å². The number of methoxy groups -OCH3 is 2. The molecule has 0 spiro atoms. The normalized spacial score (nSPS) is 21.5. The van der Waals surface area contributed by atoms with Crippen LogP contribution in [0.25, 0.3) is 0 Å². The van der Waals surface area contributed by atoms with E-state index in [2.05, 4.69) is 0 Å². The summed E-state index contributed by atoms with van der Waals surface area (Å²) in [6.07, 6.45) is -0.253. The molecule has 8 heteroatoms. The molecule has 1 aliphatic rings. The van der Waals surface area contributed by atoms with Crippen molar-refractivity contribution in [3.63, 3.8) is 0 Å². The fourth-order valence-electron chi connectivity index (χ4n) is 2.46. The van der Waals surface area contributed by atoms with E-state index in [1.54, 1.807) is 14.2 Å². The first-order chi connectivity index (χ1) is 9.97. The van der Waals surface area contributed by atoms with Crippen LogP contribution in [-0.4, -0.2) is 55.5 Å². The monoisotopic (exact) mass is 296 g/mol. The smallest absolute Gasteiger partial charge is 0.342 e. The molecule has 0 amide bonds. The van der Waals surface area contributed by atoms with Gasteiger partial charge in [0.05, 0.1) is 4.92 Å². The Morgan fingerprint density at radius 1 is 1.33 bits per heavy atom. The van der Waals surface area contributed by atoms with E-state index in [0.717, 1.165) is 0 Å². The Morgan fingerprint density at radius 3 is 2.33 bits per heavy atom. The number of carboxylic acids is 1. The minimum Gasteiger partial charge on any atom is -0.477 e. The quantitative estimate of drug-likeness (QED) is 0.642. The number of rotatable bonds is 5. The van der Waals surface area contributed by atoms with Crippen molar-refractivity contribution in [1.29, 1.82) is 0 Å². The van der Waals surface area contributed by atoms with E-state index < -0.39 is 16.6 Å². The van der Waals surface area contributed by atoms with E-state index >= 15 is 0 Å². The summed E-state index contributed by atoms with van der Waals surface area (Å²) < 4.78 is 10.6. The first kappa shape index (κ1) is 15.2. The number of nitrogens with zero attached hydrogens (tertiary/aromatic N) is 2. The van der Waals surface area contributed by atoms with Crippen LogP contribution >= 0.6 is 0 Å². The third kappa shape index (κ3) is 2.96. The molecule has 1 aliphatic heterocycles. The summed E-state index contributed by atoms with van der Waals surface area (Å²) in [7, 11) is 3.16. The molecule has 1 N–H and O–H groups in total. The Hall–Kier alpha value is -2.19. The molecule has 2 rings (SSSR count). The third-order valence-electron chi connectivity index (χ3n) is 3.59. The number of hydrogen-bond donors (Lipinski definition) is 1. The molecule has 0 bridgehead atoms. The molecule has 8 nitrogen and oxygen atoms in total. The van der Waals surface area contributed by atoms with Crippen molar-refractivity contribution < 1.29 is 24.3 Å². The molecule has 1 aromatic carbocycles. The van der Waals surface area contributed by atoms with Gasteiger partial charge < -0.3 is 19.5 Å². The predicted molar refractivity (Wildman–Crippen MR) is 73.9 cm³/mol. The van der Waals surface area contributed by atoms with Gasteiger partial charge in [-0.1, -0.05) is 0 Å². The van der Waals surface area contributed by atoms with Crippen LogP contribution in [-0.2, 0) is 9.47 Å². The van der Waals surface area contributed by atoms with Crippen molar-refractivity contribution in [2.45, 2.75) is 12.2 Å². The Balaban J connectivity index is 2.31. The summed E-state index contributed by atoms with van der Waals surface area (Å²) in [5, 5.41) is 19.9. The van der Waals surface area contributed by atoms with Gasteiger partial charge in [0.25, 0.3) is 5.69 Å². The van der Waals surface area contributed by atoms with Crippen LogP contribution in [0.3, 0.4) is 0 Å². The number of hydrogen-bond acceptors (Lipinski definition) is 6. The number of anilines is 1. The van der Waals surface area contributed by atoms with Crippen molar-refractivity contribution in [3.05, 3.63) is 33.9 Å². The van der Waals surface area contributed by atoms with Crippen molar-refractivity contribution in [2.75, 3.05) is 32.2 Å². The topological polar surface area (TPSA) is 102 Å². The second-order valence-electron chi connectivity index (χ2n) is 4.72. The highest BCUT2D eigenvalue weighted by atomic mass is 16.6. The van der Waals surface area contributed by atoms with Crippen LogP contribution < -0.4 is 4.90 Å². The minimum atomic E-state index is -1.32. The van der Waals surface area contributed by atoms with Gasteiger partial charge in [0, 0.05) is 39.1 Å². The number of carbonyl (C=O) groups is 1. The molecule has 0 radical (unpaired) electrons. The van der Waals surface area contributed by atoms with Gasteiger partial charge in [0.2, 0.25) is 0 Å². The first-order valence-corrected chi connectivity index (χ1v) is 6.30. The van der Waals surface area contributed by atoms with Crippen LogP contribution in [0.4, 0.5) is 11.4 Å². The van der Waals surface area contributed by atoms with Gasteiger partial charge in [-0.25, -0.2) is 4.79 Å². The molecule has 1 fully saturated rings. The largest absolute Gasteiger partial charge is 0.477 e. The zero-order chi connectivity index (χ0) is 15.6. The summed E-state index contributed by atoms with van der Waals surface area (Å²) in [5.74, 6) is -1.32. The summed E-state index contributed by atoms with van der Waals surface area (Å²) in [6.45, 7) is 1.07. The molecule has 0 saturated carbocycles. The Labute approximate surface area is 121 Å². The highest BCUT2D eigenvalue weighted by Crippen LogP contribution is 2.28. The lowest BCUT2D eigenvalue weighted by Crippen LogP contribution is -2.27. The van der Waals surface area contributed by atoms with E-state index in [-0.39, 0.29) is 17.8 Å². The summed E-state index contributed by atoms with van der Waals surface area (Å²) >= 11 is 0. The maximum atomic E-state index is 11.2. The number of aromatic carboxylic acids is 1. The predicted octanol–water partition coefficient (Wildman–Crippen LogP) is 1.14. The second kappa shape index (κ2) is 6.06. The number of benzene rings is 1. The molecule has 1 heterocycles. The maximum Gasteiger partial charge on any atom is 0.342 e. The van der Waals surface area contributed by atoms with Gasteiger partial charge in [0.1, 0.15) is 17.8 Å². The Bertz CT molecular complexity index is 550. The molecule has 0 aromatic heterocycles. The van der Waals surface area contributed by atoms with Crippen LogP contribution in [0.5, 0.6) is 0 Å². The number of carboxylic acid groups (broad SMARTS) is 1. The molecule has 114 valence electrons. The van der Waals surface area contributed by atoms with Crippen molar-refractivity contribution in [1.82, 2.24) is 0 Å². The van der Waals surface area contributed by atoms with Crippen LogP contribution in [0.2, 0.25) is 0 Å². The summed E-state index contributed by atoms with van der Waals surface area (Å²) in [5.41, 5.74) is -0.149. The average Bonchev–Trinajstić information content (AvgIpc) is 2.89. The van der Waals surface area contributed by atoms with Gasteiger partial charge in [-0.3, -0.25) is 10.1 Å². The number of nitro benzene ring substituents is 1. The lowest BCUT2D eigenvalue weighted by atomic mass is 10.1. The van der Waals surface area contributed by atoms with E-state index in [9.17, 15) is 14.9 Å². The van der Waals surface area contributed by atoms with Crippen LogP contribution in [0.1, 0.15) is 10.4 Å². The summed E-state index contributed by atoms with van der Waals surface area (Å²) in [6, 6.07) is 4.06. The van der Waals surface area contributed by atoms with Crippen molar-refractivity contribution >= 4 is 17.3 Å². The zero-order valence-electron chi connectivity index (χ0n) is 11.7. The molecular weight excluding hydrogens is 280 g/mol. The molecule has 1 saturated heterocycles. The van der Waals surface area contributed by atoms with E-state index in [0.29, 0.717) is 18.8 Å². The fourth-order valence-corrected chi connectivity index (χ4v) is 2.46. The van der Waals surface area contributed by atoms with E-state index in [1.807, 2.05) is 4.90 Å². The number of ether oxygens (including phenoxy) is 2. The molecule has 2 atom stereocenters. The van der Waals surface area contributed by atoms with Gasteiger partial charge in [-0.2, -0.15) is 0 Å². The molecule has 1 aromatic rings. The fraction of sp³-hybridized carbons (Fsp3) is 0.462. The molecular formula is C13H16N2O6. The highest BCUT2D eigenvalue weighted by Gasteiger charge is 2.34. The third-order valence-corrected chi connectivity index (χ3v) is 3.59. The lowest BCUT2D eigenvalue weighted by molar-refractivity contribution is -0.385. The molecule has 0 aliphatic carbocycles. The highest BCUT2D eigenvalue weighted by molar-refractivity contribution is 5.93. The molecule has 2 unspecified atom stereocenters. The van der Waals surface area contributed by atoms with Crippen molar-refractivity contribution in [2.24, 2.45) is 0 Å². The van der Waals surface area contributed by atoms with Gasteiger partial charge >= 0.3 is 5.97 Å². The van der Waals surface area contributed by atoms with Gasteiger partial charge in [0.15, 0.2) is 0 Å². The van der Waals surface area contributed by atoms with E-state index in [1.165, 1.54) is 18.2 Å². The van der Waals surface area contributed by atoms with Crippen LogP contribution in [0.15, 0.2) is 18.2 Å². The Morgan fingerprint density at radius 2 is 1.90 bits per heavy atom. The summed E-state index contributed by atoms with van der Waals surface area (Å²) in [4.78, 5) is 23.2. The first-order valence-electron chi connectivity index (χ1n) is 6.30. The number of nitro groups is 1. The maximum absolute atomic E-state index is 11.2. The SMILES string of the molecule is COC1CN(c2ccc([N+](=O)[O-])c(C(=O)O)c2)CC1OC. The van der Waals surface area contributed by atoms with Gasteiger partial charge in [-0.15, -0.1) is 0 Å². The van der Waals surface area contributed by atoms with E-state index in [4.69, 9.17) is 14.6 Å². The van der Waals surface area contributed by atoms with Crippen molar-refractivity contribution in [3.8, 4) is 0 Å². The Kier molecular flexibility index (Phi) is 4.39. The zero-order valence-corrected chi connectivity index (χ0v) is 11.7. The average molecular weight is 296 g/mol. The molecule has 21 heavy (non-hydrogen) atoms. The second-order valence-corrected chi connectivity index (χ2v) is 4.72. The standard InChI is InChI=1S/C13H16N2O6/c1-20-11-6-14(7-12(11)21-2)8-3-4-10(15(18)19)9(5-8)13(16)17/h3-5,11-12H,6-7H2,1-2H3,(H,16,17). The lowest BCUT2D eigenvalue weighted by Gasteiger charge is -2.18.